The van der Waals surface area contributed by atoms with Crippen molar-refractivity contribution in [2.45, 2.75) is 78.7 Å². The second-order valence-corrected chi connectivity index (χ2v) is 8.92. The van der Waals surface area contributed by atoms with E-state index in [1.165, 1.54) is 0 Å². The van der Waals surface area contributed by atoms with Crippen LogP contribution in [0.25, 0.3) is 0 Å². The molecule has 31 heavy (non-hydrogen) atoms. The van der Waals surface area contributed by atoms with E-state index in [1.807, 2.05) is 31.7 Å². The van der Waals surface area contributed by atoms with Gasteiger partial charge in [-0.15, -0.1) is 0 Å². The van der Waals surface area contributed by atoms with Crippen molar-refractivity contribution in [2.24, 2.45) is 4.99 Å². The molecule has 0 spiro atoms. The van der Waals surface area contributed by atoms with Gasteiger partial charge in [0.05, 0.1) is 5.57 Å². The lowest BCUT2D eigenvalue weighted by atomic mass is 10.0. The van der Waals surface area contributed by atoms with Crippen molar-refractivity contribution in [3.8, 4) is 0 Å². The van der Waals surface area contributed by atoms with Gasteiger partial charge >= 0.3 is 12.3 Å². The van der Waals surface area contributed by atoms with Crippen LogP contribution in [0, 0.1) is 0 Å². The van der Waals surface area contributed by atoms with Gasteiger partial charge in [0.2, 0.25) is 0 Å². The summed E-state index contributed by atoms with van der Waals surface area (Å²) in [4.78, 5) is 20.1. The number of allylic oxidation sites excluding steroid dienone is 2. The molecule has 2 aliphatic rings. The molecule has 0 radical (unpaired) electrons. The van der Waals surface area contributed by atoms with Crippen LogP contribution >= 0.6 is 0 Å². The maximum atomic E-state index is 13.7. The average molecular weight is 443 g/mol. The number of aliphatic imine (C=N–C) groups is 1. The number of halogens is 3. The summed E-state index contributed by atoms with van der Waals surface area (Å²) in [6.07, 6.45) is 0.0926. The molecule has 2 heterocycles. The van der Waals surface area contributed by atoms with Gasteiger partial charge in [0.1, 0.15) is 11.4 Å². The number of rotatable bonds is 3. The molecule has 174 valence electrons. The third kappa shape index (κ3) is 6.04. The largest absolute Gasteiger partial charge is 0.444 e. The monoisotopic (exact) mass is 442 g/mol. The van der Waals surface area contributed by atoms with Gasteiger partial charge in [-0.2, -0.15) is 13.2 Å². The number of alkyl halides is 3. The molecule has 2 atom stereocenters. The number of piperazine rings is 1. The number of amides is 1. The van der Waals surface area contributed by atoms with Gasteiger partial charge in [0.25, 0.3) is 0 Å². The van der Waals surface area contributed by atoms with Crippen LogP contribution in [0.4, 0.5) is 18.0 Å². The van der Waals surface area contributed by atoms with Gasteiger partial charge in [0.15, 0.2) is 0 Å². The molecule has 0 aromatic heterocycles. The quantitative estimate of drug-likeness (QED) is 0.671. The predicted molar refractivity (Wildman–Crippen MR) is 115 cm³/mol. The fraction of sp³-hybridized carbons (Fsp3) is 0.636. The van der Waals surface area contributed by atoms with Gasteiger partial charge < -0.3 is 19.9 Å². The highest BCUT2D eigenvalue weighted by atomic mass is 19.4. The lowest BCUT2D eigenvalue weighted by Gasteiger charge is -2.46. The number of carbonyl (C=O) groups is 1. The van der Waals surface area contributed by atoms with Crippen LogP contribution in [0.3, 0.4) is 0 Å². The number of ether oxygens (including phenoxy) is 1. The average Bonchev–Trinajstić information content (AvgIpc) is 3.05. The van der Waals surface area contributed by atoms with E-state index in [-0.39, 0.29) is 23.5 Å². The Morgan fingerprint density at radius 1 is 1.23 bits per heavy atom. The minimum Gasteiger partial charge on any atom is -0.444 e. The number of hydrogen-bond acceptors (Lipinski definition) is 5. The second kappa shape index (κ2) is 9.36. The molecule has 0 bridgehead atoms. The van der Waals surface area contributed by atoms with Gasteiger partial charge in [-0.05, 0) is 54.2 Å². The first kappa shape index (κ1) is 24.8. The Bertz CT molecular complexity index is 807. The van der Waals surface area contributed by atoms with E-state index in [0.29, 0.717) is 18.8 Å². The highest BCUT2D eigenvalue weighted by molar-refractivity contribution is 6.06. The van der Waals surface area contributed by atoms with Crippen LogP contribution in [-0.2, 0) is 4.74 Å². The molecule has 0 aromatic rings. The molecule has 0 aromatic carbocycles. The smallest absolute Gasteiger partial charge is 0.418 e. The van der Waals surface area contributed by atoms with Crippen LogP contribution < -0.4 is 5.32 Å². The summed E-state index contributed by atoms with van der Waals surface area (Å²) in [7, 11) is 0. The second-order valence-electron chi connectivity index (χ2n) is 8.92. The zero-order valence-electron chi connectivity index (χ0n) is 19.3. The summed E-state index contributed by atoms with van der Waals surface area (Å²) >= 11 is 0. The van der Waals surface area contributed by atoms with Gasteiger partial charge in [-0.25, -0.2) is 9.79 Å². The third-order valence-corrected chi connectivity index (χ3v) is 5.11. The lowest BCUT2D eigenvalue weighted by molar-refractivity contribution is -0.0889. The Kier molecular flexibility index (Phi) is 7.49. The number of amidine groups is 1. The molecular formula is C22H33F3N4O2. The first-order valence-corrected chi connectivity index (χ1v) is 10.5. The number of nitrogens with zero attached hydrogens (tertiary/aromatic N) is 3. The number of nitrogens with one attached hydrogen (secondary N) is 1. The van der Waals surface area contributed by atoms with E-state index >= 15 is 0 Å². The molecular weight excluding hydrogens is 409 g/mol. The Labute approximate surface area is 182 Å². The van der Waals surface area contributed by atoms with Crippen LogP contribution in [0.5, 0.6) is 0 Å². The molecule has 1 saturated heterocycles. The maximum Gasteiger partial charge on any atom is 0.418 e. The first-order valence-electron chi connectivity index (χ1n) is 10.5. The van der Waals surface area contributed by atoms with E-state index in [4.69, 9.17) is 4.74 Å². The molecule has 2 rings (SSSR count). The predicted octanol–water partition coefficient (Wildman–Crippen LogP) is 4.96. The Morgan fingerprint density at radius 3 is 2.35 bits per heavy atom. The molecule has 2 unspecified atom stereocenters. The van der Waals surface area contributed by atoms with Crippen molar-refractivity contribution < 1.29 is 22.7 Å². The minimum atomic E-state index is -4.52. The van der Waals surface area contributed by atoms with Crippen molar-refractivity contribution in [1.82, 2.24) is 15.1 Å². The molecule has 1 fully saturated rings. The van der Waals surface area contributed by atoms with Crippen LogP contribution in [0.15, 0.2) is 40.3 Å². The van der Waals surface area contributed by atoms with Crippen LogP contribution in [-0.4, -0.2) is 58.7 Å². The molecule has 9 heteroatoms. The molecule has 0 saturated carbocycles. The number of hydrogen-bond donors (Lipinski definition) is 1. The molecule has 0 aliphatic carbocycles. The van der Waals surface area contributed by atoms with Crippen molar-refractivity contribution in [3.63, 3.8) is 0 Å². The molecule has 1 amide bonds. The maximum absolute atomic E-state index is 13.7. The van der Waals surface area contributed by atoms with Gasteiger partial charge in [-0.3, -0.25) is 0 Å². The molecule has 2 aliphatic heterocycles. The molecule has 1 N–H and O–H groups in total. The van der Waals surface area contributed by atoms with Crippen molar-refractivity contribution in [3.05, 3.63) is 35.3 Å². The fourth-order valence-corrected chi connectivity index (χ4v) is 3.64. The summed E-state index contributed by atoms with van der Waals surface area (Å²) in [6, 6.07) is -0.423. The third-order valence-electron chi connectivity index (χ3n) is 5.11. The van der Waals surface area contributed by atoms with Gasteiger partial charge in [0, 0.05) is 42.6 Å². The van der Waals surface area contributed by atoms with Crippen LogP contribution in [0.2, 0.25) is 0 Å². The Morgan fingerprint density at radius 2 is 1.81 bits per heavy atom. The summed E-state index contributed by atoms with van der Waals surface area (Å²) < 4.78 is 46.6. The zero-order valence-corrected chi connectivity index (χ0v) is 19.3. The summed E-state index contributed by atoms with van der Waals surface area (Å²) in [5.74, 6) is 0.170. The fourth-order valence-electron chi connectivity index (χ4n) is 3.64. The standard InChI is InChI=1S/C22H33F3N4O2/c1-8-9-10-26-19-18(17(11-27-19)22(23,24)25)16(4)28-12-15(3)29(13-14(28)2)20(30)31-21(5,6)7/h9-11,14-15H,8,12-13H2,1-7H3,(H,26,27)/b10-9+,18-16+. The highest BCUT2D eigenvalue weighted by Gasteiger charge is 2.43. The Balaban J connectivity index is 2.32. The molecule has 6 nitrogen and oxygen atoms in total. The van der Waals surface area contributed by atoms with E-state index in [9.17, 15) is 18.0 Å². The number of carbonyl (C=O) groups excluding carboxylic acids is 1. The normalized spacial score (nSPS) is 24.3. The van der Waals surface area contributed by atoms with Crippen molar-refractivity contribution in [1.29, 1.82) is 0 Å². The SMILES string of the molecule is CC/C=C/NC1=NC=C(C(F)(F)F)/C1=C(/C)N1CC(C)N(C(=O)OC(C)(C)C)CC1C. The van der Waals surface area contributed by atoms with Crippen molar-refractivity contribution in [2.75, 3.05) is 13.1 Å². The lowest BCUT2D eigenvalue weighted by Crippen LogP contribution is -2.58. The van der Waals surface area contributed by atoms with E-state index < -0.39 is 23.4 Å². The summed E-state index contributed by atoms with van der Waals surface area (Å²) in [5.41, 5.74) is -0.876. The summed E-state index contributed by atoms with van der Waals surface area (Å²) in [5, 5.41) is 2.88. The topological polar surface area (TPSA) is 57.2 Å². The van der Waals surface area contributed by atoms with Crippen LogP contribution in [0.1, 0.15) is 54.9 Å². The van der Waals surface area contributed by atoms with E-state index in [2.05, 4.69) is 10.3 Å². The van der Waals surface area contributed by atoms with E-state index in [1.54, 1.807) is 38.8 Å². The van der Waals surface area contributed by atoms with Gasteiger partial charge in [-0.1, -0.05) is 13.0 Å². The highest BCUT2D eigenvalue weighted by Crippen LogP contribution is 2.37. The minimum absolute atomic E-state index is 0.0398. The Hall–Kier alpha value is -2.45. The zero-order chi connectivity index (χ0) is 23.6. The first-order chi connectivity index (χ1) is 14.3. The van der Waals surface area contributed by atoms with E-state index in [0.717, 1.165) is 12.6 Å². The summed E-state index contributed by atoms with van der Waals surface area (Å²) in [6.45, 7) is 13.5. The van der Waals surface area contributed by atoms with Crippen molar-refractivity contribution >= 4 is 11.9 Å².